The van der Waals surface area contributed by atoms with Crippen molar-refractivity contribution in [3.63, 3.8) is 0 Å². The van der Waals surface area contributed by atoms with Gasteiger partial charge in [-0.3, -0.25) is 4.79 Å². The zero-order chi connectivity index (χ0) is 10.7. The largest absolute Gasteiger partial charge is 0.329 e. The second-order valence-electron chi connectivity index (χ2n) is 4.42. The Balaban J connectivity index is 2.06. The van der Waals surface area contributed by atoms with Gasteiger partial charge in [0, 0.05) is 18.4 Å². The fourth-order valence-electron chi connectivity index (χ4n) is 2.41. The molecular weight excluding hydrogens is 206 g/mol. The Morgan fingerprint density at radius 2 is 2.20 bits per heavy atom. The van der Waals surface area contributed by atoms with E-state index in [4.69, 9.17) is 5.73 Å². The fourth-order valence-corrected chi connectivity index (χ4v) is 3.08. The molecule has 2 nitrogen and oxygen atoms in total. The molecule has 82 valence electrons. The van der Waals surface area contributed by atoms with Gasteiger partial charge in [-0.1, -0.05) is 12.8 Å². The molecule has 1 aromatic rings. The van der Waals surface area contributed by atoms with Crippen LogP contribution in [0.25, 0.3) is 0 Å². The van der Waals surface area contributed by atoms with Crippen molar-refractivity contribution >= 4 is 17.1 Å². The molecule has 1 fully saturated rings. The average Bonchev–Trinajstić information content (AvgIpc) is 2.87. The number of carbonyl (C=O) groups is 1. The van der Waals surface area contributed by atoms with Crippen molar-refractivity contribution in [2.75, 3.05) is 6.54 Å². The average molecular weight is 223 g/mol. The molecule has 1 heterocycles. The van der Waals surface area contributed by atoms with Crippen LogP contribution in [0.2, 0.25) is 0 Å². The highest BCUT2D eigenvalue weighted by molar-refractivity contribution is 7.07. The quantitative estimate of drug-likeness (QED) is 0.851. The smallest absolute Gasteiger partial charge is 0.144 e. The number of ketones is 1. The summed E-state index contributed by atoms with van der Waals surface area (Å²) in [5.74, 6) is 0.348. The number of Topliss-reactive ketones (excluding diaryl/α,β-unsaturated/α-hetero) is 1. The molecule has 0 aromatic carbocycles. The first kappa shape index (κ1) is 10.8. The lowest BCUT2D eigenvalue weighted by atomic mass is 9.79. The summed E-state index contributed by atoms with van der Waals surface area (Å²) < 4.78 is 0. The summed E-state index contributed by atoms with van der Waals surface area (Å²) in [6, 6.07) is 2.03. The van der Waals surface area contributed by atoms with Crippen molar-refractivity contribution in [3.8, 4) is 0 Å². The lowest BCUT2D eigenvalue weighted by Crippen LogP contribution is -2.37. The highest BCUT2D eigenvalue weighted by Crippen LogP contribution is 2.38. The Labute approximate surface area is 94.5 Å². The van der Waals surface area contributed by atoms with E-state index in [1.54, 1.807) is 11.3 Å². The fraction of sp³-hybridized carbons (Fsp3) is 0.583. The molecule has 0 saturated heterocycles. The maximum absolute atomic E-state index is 12.2. The molecule has 0 radical (unpaired) electrons. The summed E-state index contributed by atoms with van der Waals surface area (Å²) in [5.41, 5.74) is 6.73. The third-order valence-electron chi connectivity index (χ3n) is 3.49. The van der Waals surface area contributed by atoms with Crippen LogP contribution >= 0.6 is 11.3 Å². The number of hydrogen-bond acceptors (Lipinski definition) is 3. The summed E-state index contributed by atoms with van der Waals surface area (Å²) in [4.78, 5) is 12.2. The van der Waals surface area contributed by atoms with E-state index in [0.717, 1.165) is 31.2 Å². The van der Waals surface area contributed by atoms with Crippen LogP contribution in [0, 0.1) is 5.41 Å². The van der Waals surface area contributed by atoms with Crippen LogP contribution in [0.1, 0.15) is 31.2 Å². The van der Waals surface area contributed by atoms with Gasteiger partial charge in [0.25, 0.3) is 0 Å². The van der Waals surface area contributed by atoms with Crippen LogP contribution in [-0.4, -0.2) is 12.3 Å². The predicted octanol–water partition coefficient (Wildman–Crippen LogP) is 2.38. The molecule has 0 spiro atoms. The van der Waals surface area contributed by atoms with Crippen LogP contribution in [0.15, 0.2) is 16.8 Å². The molecule has 0 unspecified atom stereocenters. The molecule has 2 N–H and O–H groups in total. The number of thiophene rings is 1. The molecule has 2 rings (SSSR count). The highest BCUT2D eigenvalue weighted by atomic mass is 32.1. The maximum Gasteiger partial charge on any atom is 0.144 e. The van der Waals surface area contributed by atoms with Crippen molar-refractivity contribution < 1.29 is 4.79 Å². The van der Waals surface area contributed by atoms with Gasteiger partial charge in [0.1, 0.15) is 5.78 Å². The summed E-state index contributed by atoms with van der Waals surface area (Å²) in [6.07, 6.45) is 4.87. The van der Waals surface area contributed by atoms with Gasteiger partial charge in [-0.05, 0) is 35.2 Å². The van der Waals surface area contributed by atoms with Gasteiger partial charge in [0.2, 0.25) is 0 Å². The van der Waals surface area contributed by atoms with E-state index in [1.807, 2.05) is 11.4 Å². The van der Waals surface area contributed by atoms with Crippen molar-refractivity contribution in [1.82, 2.24) is 0 Å². The summed E-state index contributed by atoms with van der Waals surface area (Å²) in [6.45, 7) is 0.524. The number of carbonyl (C=O) groups excluding carboxylic acids is 1. The first-order chi connectivity index (χ1) is 7.27. The van der Waals surface area contributed by atoms with Crippen molar-refractivity contribution in [3.05, 3.63) is 22.4 Å². The standard InChI is InChI=1S/C12H17NOS/c13-9-12(4-1-2-5-12)11(14)7-10-3-6-15-8-10/h3,6,8H,1-2,4-5,7,9,13H2. The Morgan fingerprint density at radius 3 is 2.73 bits per heavy atom. The lowest BCUT2D eigenvalue weighted by molar-refractivity contribution is -0.127. The third-order valence-corrected chi connectivity index (χ3v) is 4.22. The molecular formula is C12H17NOS. The van der Waals surface area contributed by atoms with Crippen LogP contribution in [-0.2, 0) is 11.2 Å². The van der Waals surface area contributed by atoms with E-state index in [-0.39, 0.29) is 5.41 Å². The van der Waals surface area contributed by atoms with Crippen molar-refractivity contribution in [2.24, 2.45) is 11.1 Å². The zero-order valence-electron chi connectivity index (χ0n) is 8.87. The Bertz CT molecular complexity index is 325. The Morgan fingerprint density at radius 1 is 1.47 bits per heavy atom. The molecule has 0 amide bonds. The molecule has 1 saturated carbocycles. The minimum absolute atomic E-state index is 0.193. The van der Waals surface area contributed by atoms with Gasteiger partial charge < -0.3 is 5.73 Å². The number of rotatable bonds is 4. The molecule has 15 heavy (non-hydrogen) atoms. The van der Waals surface area contributed by atoms with Gasteiger partial charge >= 0.3 is 0 Å². The highest BCUT2D eigenvalue weighted by Gasteiger charge is 2.38. The van der Waals surface area contributed by atoms with Crippen molar-refractivity contribution in [1.29, 1.82) is 0 Å². The molecule has 1 aromatic heterocycles. The lowest BCUT2D eigenvalue weighted by Gasteiger charge is -2.25. The molecule has 3 heteroatoms. The normalized spacial score (nSPS) is 19.3. The predicted molar refractivity (Wildman–Crippen MR) is 63.0 cm³/mol. The number of hydrogen-bond donors (Lipinski definition) is 1. The zero-order valence-corrected chi connectivity index (χ0v) is 9.69. The molecule has 1 aliphatic carbocycles. The molecule has 0 aliphatic heterocycles. The SMILES string of the molecule is NCC1(C(=O)Cc2ccsc2)CCCC1. The van der Waals surface area contributed by atoms with Crippen LogP contribution < -0.4 is 5.73 Å². The molecule has 0 atom stereocenters. The minimum atomic E-state index is -0.193. The molecule has 0 bridgehead atoms. The van der Waals surface area contributed by atoms with E-state index in [9.17, 15) is 4.79 Å². The van der Waals surface area contributed by atoms with E-state index in [1.165, 1.54) is 0 Å². The van der Waals surface area contributed by atoms with E-state index < -0.39 is 0 Å². The first-order valence-electron chi connectivity index (χ1n) is 5.51. The van der Waals surface area contributed by atoms with Gasteiger partial charge in [-0.2, -0.15) is 11.3 Å². The van der Waals surface area contributed by atoms with Crippen molar-refractivity contribution in [2.45, 2.75) is 32.1 Å². The minimum Gasteiger partial charge on any atom is -0.329 e. The van der Waals surface area contributed by atoms with E-state index in [0.29, 0.717) is 18.7 Å². The van der Waals surface area contributed by atoms with Gasteiger partial charge in [0.15, 0.2) is 0 Å². The second kappa shape index (κ2) is 4.45. The molecule has 1 aliphatic rings. The third kappa shape index (κ3) is 2.13. The van der Waals surface area contributed by atoms with E-state index in [2.05, 4.69) is 5.38 Å². The van der Waals surface area contributed by atoms with E-state index >= 15 is 0 Å². The summed E-state index contributed by atoms with van der Waals surface area (Å²) >= 11 is 1.65. The first-order valence-corrected chi connectivity index (χ1v) is 6.46. The van der Waals surface area contributed by atoms with Gasteiger partial charge in [-0.25, -0.2) is 0 Å². The monoisotopic (exact) mass is 223 g/mol. The van der Waals surface area contributed by atoms with Crippen LogP contribution in [0.4, 0.5) is 0 Å². The topological polar surface area (TPSA) is 43.1 Å². The Kier molecular flexibility index (Phi) is 3.22. The Hall–Kier alpha value is -0.670. The van der Waals surface area contributed by atoms with Gasteiger partial charge in [0.05, 0.1) is 0 Å². The maximum atomic E-state index is 12.2. The van der Waals surface area contributed by atoms with Gasteiger partial charge in [-0.15, -0.1) is 0 Å². The van der Waals surface area contributed by atoms with Crippen LogP contribution in [0.5, 0.6) is 0 Å². The second-order valence-corrected chi connectivity index (χ2v) is 5.20. The summed E-state index contributed by atoms with van der Waals surface area (Å²) in [5, 5.41) is 4.07. The number of nitrogens with two attached hydrogens (primary N) is 1. The van der Waals surface area contributed by atoms with Crippen LogP contribution in [0.3, 0.4) is 0 Å². The summed E-state index contributed by atoms with van der Waals surface area (Å²) in [7, 11) is 0.